The van der Waals surface area contributed by atoms with Gasteiger partial charge in [0.15, 0.2) is 5.96 Å². The molecule has 1 aliphatic rings. The van der Waals surface area contributed by atoms with E-state index in [4.69, 9.17) is 4.74 Å². The fourth-order valence-corrected chi connectivity index (χ4v) is 3.79. The number of guanidine groups is 1. The highest BCUT2D eigenvalue weighted by Gasteiger charge is 2.20. The first-order chi connectivity index (χ1) is 14.3. The van der Waals surface area contributed by atoms with Gasteiger partial charge in [0.05, 0.1) is 6.61 Å². The summed E-state index contributed by atoms with van der Waals surface area (Å²) in [7, 11) is 1.84. The molecule has 2 aromatic carbocycles. The van der Waals surface area contributed by atoms with Gasteiger partial charge < -0.3 is 15.4 Å². The summed E-state index contributed by atoms with van der Waals surface area (Å²) < 4.78 is 5.72. The number of para-hydroxylation sites is 1. The summed E-state index contributed by atoms with van der Waals surface area (Å²) in [6, 6.07) is 19.5. The van der Waals surface area contributed by atoms with Crippen LogP contribution < -0.4 is 15.4 Å². The number of hydrogen-bond donors (Lipinski definition) is 2. The van der Waals surface area contributed by atoms with Crippen LogP contribution in [0.15, 0.2) is 59.6 Å². The highest BCUT2D eigenvalue weighted by Crippen LogP contribution is 2.18. The van der Waals surface area contributed by atoms with Crippen LogP contribution in [-0.2, 0) is 13.0 Å². The Morgan fingerprint density at radius 3 is 2.47 bits per heavy atom. The molecule has 30 heavy (non-hydrogen) atoms. The normalized spacial score (nSPS) is 15.3. The maximum atomic E-state index is 5.72. The Labute approximate surface area is 198 Å². The van der Waals surface area contributed by atoms with Gasteiger partial charge in [0, 0.05) is 39.3 Å². The molecular weight excluding hydrogens is 487 g/mol. The number of likely N-dealkylation sites (tertiary alicyclic amines) is 1. The predicted octanol–water partition coefficient (Wildman–Crippen LogP) is 4.08. The molecule has 3 rings (SSSR count). The van der Waals surface area contributed by atoms with Crippen LogP contribution in [0.3, 0.4) is 0 Å². The Balaban J connectivity index is 0.00000320. The van der Waals surface area contributed by atoms with Crippen LogP contribution >= 0.6 is 24.0 Å². The van der Waals surface area contributed by atoms with Crippen LogP contribution in [0.2, 0.25) is 0 Å². The van der Waals surface area contributed by atoms with Crippen molar-refractivity contribution in [3.05, 3.63) is 65.7 Å². The van der Waals surface area contributed by atoms with Gasteiger partial charge in [-0.1, -0.05) is 48.5 Å². The van der Waals surface area contributed by atoms with Crippen LogP contribution in [0.4, 0.5) is 0 Å². The van der Waals surface area contributed by atoms with Gasteiger partial charge in [-0.15, -0.1) is 24.0 Å². The summed E-state index contributed by atoms with van der Waals surface area (Å²) in [6.07, 6.45) is 3.19. The summed E-state index contributed by atoms with van der Waals surface area (Å²) in [5.74, 6) is 1.87. The second-order valence-electron chi connectivity index (χ2n) is 7.47. The molecule has 5 nitrogen and oxygen atoms in total. The summed E-state index contributed by atoms with van der Waals surface area (Å²) >= 11 is 0. The molecule has 0 atom stereocenters. The number of aliphatic imine (C=N–C) groups is 1. The number of halogens is 1. The molecule has 2 N–H and O–H groups in total. The third-order valence-electron chi connectivity index (χ3n) is 5.36. The Bertz CT molecular complexity index is 761. The highest BCUT2D eigenvalue weighted by atomic mass is 127. The van der Waals surface area contributed by atoms with Crippen LogP contribution in [0, 0.1) is 0 Å². The number of rotatable bonds is 8. The van der Waals surface area contributed by atoms with Crippen LogP contribution in [0.25, 0.3) is 0 Å². The zero-order chi connectivity index (χ0) is 20.3. The highest BCUT2D eigenvalue weighted by molar-refractivity contribution is 14.0. The summed E-state index contributed by atoms with van der Waals surface area (Å²) in [4.78, 5) is 6.94. The maximum absolute atomic E-state index is 5.72. The molecule has 6 heteroatoms. The minimum Gasteiger partial charge on any atom is -0.494 e. The zero-order valence-electron chi connectivity index (χ0n) is 18.1. The SMILES string of the molecule is CCOc1ccccc1CCNC(=NC)NC1CCN(Cc2ccccc2)CC1.I. The number of hydrogen-bond acceptors (Lipinski definition) is 3. The van der Waals surface area contributed by atoms with Crippen molar-refractivity contribution in [2.45, 2.75) is 38.8 Å². The number of piperidine rings is 1. The van der Waals surface area contributed by atoms with E-state index in [-0.39, 0.29) is 24.0 Å². The van der Waals surface area contributed by atoms with Gasteiger partial charge in [0.25, 0.3) is 0 Å². The molecule has 0 aromatic heterocycles. The molecule has 0 unspecified atom stereocenters. The van der Waals surface area contributed by atoms with Crippen LogP contribution in [-0.4, -0.2) is 50.2 Å². The van der Waals surface area contributed by atoms with E-state index < -0.39 is 0 Å². The van der Waals surface area contributed by atoms with E-state index in [2.05, 4.69) is 63.0 Å². The fraction of sp³-hybridized carbons (Fsp3) is 0.458. The van der Waals surface area contributed by atoms with Crippen molar-refractivity contribution in [3.8, 4) is 5.75 Å². The van der Waals surface area contributed by atoms with Crippen molar-refractivity contribution in [2.75, 3.05) is 33.3 Å². The summed E-state index contributed by atoms with van der Waals surface area (Å²) in [5, 5.41) is 7.05. The van der Waals surface area contributed by atoms with Crippen molar-refractivity contribution in [2.24, 2.45) is 4.99 Å². The first-order valence-corrected chi connectivity index (χ1v) is 10.7. The quantitative estimate of drug-likeness (QED) is 0.312. The van der Waals surface area contributed by atoms with Gasteiger partial charge in [-0.3, -0.25) is 9.89 Å². The number of ether oxygens (including phenoxy) is 1. The minimum absolute atomic E-state index is 0. The molecule has 1 fully saturated rings. The molecule has 1 aliphatic heterocycles. The largest absolute Gasteiger partial charge is 0.494 e. The van der Waals surface area contributed by atoms with E-state index in [0.29, 0.717) is 12.6 Å². The molecule has 0 spiro atoms. The second-order valence-corrected chi connectivity index (χ2v) is 7.47. The van der Waals surface area contributed by atoms with Crippen molar-refractivity contribution < 1.29 is 4.74 Å². The Kier molecular flexibility index (Phi) is 11.0. The van der Waals surface area contributed by atoms with Crippen LogP contribution in [0.1, 0.15) is 30.9 Å². The van der Waals surface area contributed by atoms with Crippen molar-refractivity contribution in [3.63, 3.8) is 0 Å². The topological polar surface area (TPSA) is 48.9 Å². The lowest BCUT2D eigenvalue weighted by molar-refractivity contribution is 0.198. The van der Waals surface area contributed by atoms with E-state index >= 15 is 0 Å². The molecule has 0 amide bonds. The first-order valence-electron chi connectivity index (χ1n) is 10.7. The first kappa shape index (κ1) is 24.5. The minimum atomic E-state index is 0. The average molecular weight is 522 g/mol. The Hall–Kier alpha value is -1.80. The smallest absolute Gasteiger partial charge is 0.191 e. The van der Waals surface area contributed by atoms with E-state index in [1.54, 1.807) is 0 Å². The molecule has 0 saturated carbocycles. The molecular formula is C24H35IN4O. The van der Waals surface area contributed by atoms with Gasteiger partial charge in [0.1, 0.15) is 5.75 Å². The number of benzene rings is 2. The fourth-order valence-electron chi connectivity index (χ4n) is 3.79. The molecule has 0 radical (unpaired) electrons. The van der Waals surface area contributed by atoms with Crippen LogP contribution in [0.5, 0.6) is 5.75 Å². The summed E-state index contributed by atoms with van der Waals surface area (Å²) in [5.41, 5.74) is 2.62. The van der Waals surface area contributed by atoms with E-state index in [9.17, 15) is 0 Å². The molecule has 1 heterocycles. The van der Waals surface area contributed by atoms with Gasteiger partial charge in [-0.2, -0.15) is 0 Å². The molecule has 1 saturated heterocycles. The van der Waals surface area contributed by atoms with Crippen molar-refractivity contribution >= 4 is 29.9 Å². The van der Waals surface area contributed by atoms with Gasteiger partial charge in [-0.25, -0.2) is 0 Å². The standard InChI is InChI=1S/C24H34N4O.HI/c1-3-29-23-12-8-7-11-21(23)13-16-26-24(25-2)27-22-14-17-28(18-15-22)19-20-9-5-4-6-10-20;/h4-12,22H,3,13-19H2,1-2H3,(H2,25,26,27);1H. The lowest BCUT2D eigenvalue weighted by Gasteiger charge is -2.33. The van der Waals surface area contributed by atoms with Gasteiger partial charge in [0.2, 0.25) is 0 Å². The van der Waals surface area contributed by atoms with Gasteiger partial charge >= 0.3 is 0 Å². The van der Waals surface area contributed by atoms with E-state index in [1.807, 2.05) is 26.1 Å². The third-order valence-corrected chi connectivity index (χ3v) is 5.36. The van der Waals surface area contributed by atoms with E-state index in [1.165, 1.54) is 11.1 Å². The lowest BCUT2D eigenvalue weighted by Crippen LogP contribution is -2.48. The summed E-state index contributed by atoms with van der Waals surface area (Å²) in [6.45, 7) is 6.82. The van der Waals surface area contributed by atoms with Crippen molar-refractivity contribution in [1.29, 1.82) is 0 Å². The number of nitrogens with one attached hydrogen (secondary N) is 2. The predicted molar refractivity (Wildman–Crippen MR) is 136 cm³/mol. The van der Waals surface area contributed by atoms with Crippen molar-refractivity contribution in [1.82, 2.24) is 15.5 Å². The monoisotopic (exact) mass is 522 g/mol. The second kappa shape index (κ2) is 13.5. The Morgan fingerprint density at radius 1 is 1.07 bits per heavy atom. The molecule has 0 bridgehead atoms. The molecule has 164 valence electrons. The maximum Gasteiger partial charge on any atom is 0.191 e. The molecule has 2 aromatic rings. The zero-order valence-corrected chi connectivity index (χ0v) is 20.5. The molecule has 0 aliphatic carbocycles. The van der Waals surface area contributed by atoms with Gasteiger partial charge in [-0.05, 0) is 43.4 Å². The third kappa shape index (κ3) is 7.80. The van der Waals surface area contributed by atoms with E-state index in [0.717, 1.165) is 57.2 Å². The lowest BCUT2D eigenvalue weighted by atomic mass is 10.0. The average Bonchev–Trinajstić information content (AvgIpc) is 2.76. The number of nitrogens with zero attached hydrogens (tertiary/aromatic N) is 2. The Morgan fingerprint density at radius 2 is 1.77 bits per heavy atom.